The van der Waals surface area contributed by atoms with Crippen molar-refractivity contribution in [2.45, 2.75) is 12.8 Å². The molecule has 0 unspecified atom stereocenters. The number of fused-ring (bicyclic) bond motifs is 1. The summed E-state index contributed by atoms with van der Waals surface area (Å²) in [4.78, 5) is 10.4. The fourth-order valence-electron chi connectivity index (χ4n) is 2.58. The second-order valence-corrected chi connectivity index (χ2v) is 5.44. The van der Waals surface area contributed by atoms with Gasteiger partial charge in [0.25, 0.3) is 0 Å². The summed E-state index contributed by atoms with van der Waals surface area (Å²) < 4.78 is 48.6. The van der Waals surface area contributed by atoms with Crippen molar-refractivity contribution in [3.05, 3.63) is 60.0 Å². The first-order valence-corrected chi connectivity index (χ1v) is 7.57. The summed E-state index contributed by atoms with van der Waals surface area (Å²) >= 11 is 0. The highest BCUT2D eigenvalue weighted by Gasteiger charge is 2.15. The summed E-state index contributed by atoms with van der Waals surface area (Å²) in [7, 11) is 0. The number of hydrogen-bond acceptors (Lipinski definition) is 2. The van der Waals surface area contributed by atoms with Gasteiger partial charge in [-0.05, 0) is 24.6 Å². The van der Waals surface area contributed by atoms with E-state index >= 15 is 0 Å². The van der Waals surface area contributed by atoms with E-state index in [9.17, 15) is 18.0 Å². The molecule has 3 aromatic rings. The Bertz CT molecular complexity index is 913. The first-order chi connectivity index (χ1) is 12.0. The molecule has 1 N–H and O–H groups in total. The van der Waals surface area contributed by atoms with Gasteiger partial charge < -0.3 is 14.4 Å². The van der Waals surface area contributed by atoms with Crippen LogP contribution in [0.15, 0.2) is 42.6 Å². The Labute approximate surface area is 141 Å². The molecule has 0 saturated heterocycles. The van der Waals surface area contributed by atoms with Crippen LogP contribution in [-0.2, 0) is 4.79 Å². The van der Waals surface area contributed by atoms with Gasteiger partial charge in [-0.2, -0.15) is 0 Å². The summed E-state index contributed by atoms with van der Waals surface area (Å²) in [5.41, 5.74) is 0.669. The number of nitrogens with zero attached hydrogens (tertiary/aromatic N) is 1. The molecule has 0 aliphatic heterocycles. The monoisotopic (exact) mass is 349 g/mol. The Morgan fingerprint density at radius 1 is 1.08 bits per heavy atom. The van der Waals surface area contributed by atoms with Crippen molar-refractivity contribution in [2.75, 3.05) is 6.61 Å². The van der Waals surface area contributed by atoms with Crippen LogP contribution in [0.3, 0.4) is 0 Å². The minimum atomic E-state index is -1.01. The topological polar surface area (TPSA) is 51.5 Å². The highest BCUT2D eigenvalue weighted by molar-refractivity contribution is 5.82. The van der Waals surface area contributed by atoms with Gasteiger partial charge in [-0.25, -0.2) is 13.2 Å². The van der Waals surface area contributed by atoms with E-state index in [-0.39, 0.29) is 25.1 Å². The van der Waals surface area contributed by atoms with Crippen molar-refractivity contribution >= 4 is 16.9 Å². The summed E-state index contributed by atoms with van der Waals surface area (Å²) in [5.74, 6) is -3.81. The summed E-state index contributed by atoms with van der Waals surface area (Å²) in [6.07, 6.45) is 1.51. The number of carboxylic acids is 1. The van der Waals surface area contributed by atoms with E-state index in [4.69, 9.17) is 9.84 Å². The van der Waals surface area contributed by atoms with Gasteiger partial charge in [-0.3, -0.25) is 4.79 Å². The molecule has 0 saturated carbocycles. The molecular weight excluding hydrogens is 335 g/mol. The standard InChI is InChI=1S/C18H14F3NO3/c19-13-3-1-4-16-12(13)6-7-22(16)11-9-14(20)18(15(21)10-11)25-8-2-5-17(23)24/h1,3-4,6-7,9-10H,2,5,8H2,(H,23,24). The lowest BCUT2D eigenvalue weighted by atomic mass is 10.2. The molecule has 1 aromatic heterocycles. The first-order valence-electron chi connectivity index (χ1n) is 7.57. The molecule has 0 atom stereocenters. The van der Waals surface area contributed by atoms with Crippen LogP contribution in [0.5, 0.6) is 5.75 Å². The third-order valence-electron chi connectivity index (χ3n) is 3.72. The Morgan fingerprint density at radius 3 is 2.48 bits per heavy atom. The molecule has 3 rings (SSSR count). The van der Waals surface area contributed by atoms with Gasteiger partial charge in [0, 0.05) is 30.1 Å². The van der Waals surface area contributed by atoms with Crippen LogP contribution in [0.1, 0.15) is 12.8 Å². The Balaban J connectivity index is 1.88. The molecule has 25 heavy (non-hydrogen) atoms. The second-order valence-electron chi connectivity index (χ2n) is 5.44. The number of benzene rings is 2. The molecule has 0 bridgehead atoms. The number of halogens is 3. The Kier molecular flexibility index (Phi) is 4.65. The van der Waals surface area contributed by atoms with E-state index in [1.54, 1.807) is 6.07 Å². The first kappa shape index (κ1) is 16.9. The quantitative estimate of drug-likeness (QED) is 0.676. The lowest BCUT2D eigenvalue weighted by molar-refractivity contribution is -0.137. The molecule has 0 aliphatic carbocycles. The van der Waals surface area contributed by atoms with Crippen LogP contribution in [0.2, 0.25) is 0 Å². The zero-order valence-electron chi connectivity index (χ0n) is 13.0. The van der Waals surface area contributed by atoms with E-state index in [1.807, 2.05) is 0 Å². The van der Waals surface area contributed by atoms with E-state index in [1.165, 1.54) is 29.0 Å². The number of aliphatic carboxylic acids is 1. The average Bonchev–Trinajstić information content (AvgIpc) is 2.98. The normalized spacial score (nSPS) is 11.0. The number of aromatic nitrogens is 1. The average molecular weight is 349 g/mol. The lowest BCUT2D eigenvalue weighted by Gasteiger charge is -2.11. The third kappa shape index (κ3) is 3.45. The van der Waals surface area contributed by atoms with E-state index < -0.39 is 29.2 Å². The van der Waals surface area contributed by atoms with Gasteiger partial charge in [0.2, 0.25) is 0 Å². The van der Waals surface area contributed by atoms with Crippen LogP contribution < -0.4 is 4.74 Å². The predicted octanol–water partition coefficient (Wildman–Crippen LogP) is 4.29. The molecule has 130 valence electrons. The van der Waals surface area contributed by atoms with Crippen LogP contribution in [-0.4, -0.2) is 22.2 Å². The molecule has 2 aromatic carbocycles. The fraction of sp³-hybridized carbons (Fsp3) is 0.167. The number of carboxylic acid groups (broad SMARTS) is 1. The Hall–Kier alpha value is -2.96. The molecule has 0 aliphatic rings. The maximum atomic E-state index is 14.2. The lowest BCUT2D eigenvalue weighted by Crippen LogP contribution is -2.05. The molecule has 1 heterocycles. The van der Waals surface area contributed by atoms with Gasteiger partial charge in [0.15, 0.2) is 17.4 Å². The van der Waals surface area contributed by atoms with Gasteiger partial charge >= 0.3 is 5.97 Å². The second kappa shape index (κ2) is 6.88. The smallest absolute Gasteiger partial charge is 0.303 e. The van der Waals surface area contributed by atoms with Crippen LogP contribution in [0.4, 0.5) is 13.2 Å². The largest absolute Gasteiger partial charge is 0.488 e. The summed E-state index contributed by atoms with van der Waals surface area (Å²) in [5, 5.41) is 8.88. The fourth-order valence-corrected chi connectivity index (χ4v) is 2.58. The third-order valence-corrected chi connectivity index (χ3v) is 3.72. The van der Waals surface area contributed by atoms with Crippen molar-refractivity contribution in [2.24, 2.45) is 0 Å². The summed E-state index contributed by atoms with van der Waals surface area (Å²) in [6, 6.07) is 8.16. The number of carbonyl (C=O) groups is 1. The zero-order chi connectivity index (χ0) is 18.0. The molecule has 0 spiro atoms. The van der Waals surface area contributed by atoms with Crippen molar-refractivity contribution in [3.63, 3.8) is 0 Å². The molecule has 0 amide bonds. The maximum Gasteiger partial charge on any atom is 0.303 e. The SMILES string of the molecule is O=C(O)CCCOc1c(F)cc(-n2ccc3c(F)cccc32)cc1F. The number of ether oxygens (including phenoxy) is 1. The van der Waals surface area contributed by atoms with Crippen LogP contribution in [0.25, 0.3) is 16.6 Å². The molecule has 7 heteroatoms. The number of hydrogen-bond donors (Lipinski definition) is 1. The minimum Gasteiger partial charge on any atom is -0.488 e. The maximum absolute atomic E-state index is 14.2. The van der Waals surface area contributed by atoms with Crippen LogP contribution >= 0.6 is 0 Å². The minimum absolute atomic E-state index is 0.114. The van der Waals surface area contributed by atoms with Gasteiger partial charge in [-0.1, -0.05) is 6.07 Å². The van der Waals surface area contributed by atoms with E-state index in [0.717, 1.165) is 12.1 Å². The molecule has 0 fully saturated rings. The van der Waals surface area contributed by atoms with Crippen molar-refractivity contribution in [3.8, 4) is 11.4 Å². The highest BCUT2D eigenvalue weighted by atomic mass is 19.1. The van der Waals surface area contributed by atoms with Crippen LogP contribution in [0, 0.1) is 17.5 Å². The summed E-state index contributed by atoms with van der Waals surface area (Å²) in [6.45, 7) is -0.114. The molecule has 0 radical (unpaired) electrons. The zero-order valence-corrected chi connectivity index (χ0v) is 13.0. The van der Waals surface area contributed by atoms with Crippen molar-refractivity contribution in [1.29, 1.82) is 0 Å². The van der Waals surface area contributed by atoms with Crippen molar-refractivity contribution in [1.82, 2.24) is 4.57 Å². The van der Waals surface area contributed by atoms with Crippen molar-refractivity contribution < 1.29 is 27.8 Å². The van der Waals surface area contributed by atoms with Gasteiger partial charge in [0.05, 0.1) is 17.8 Å². The van der Waals surface area contributed by atoms with Gasteiger partial charge in [0.1, 0.15) is 5.82 Å². The van der Waals surface area contributed by atoms with E-state index in [2.05, 4.69) is 0 Å². The molecular formula is C18H14F3NO3. The molecule has 4 nitrogen and oxygen atoms in total. The number of rotatable bonds is 6. The van der Waals surface area contributed by atoms with Gasteiger partial charge in [-0.15, -0.1) is 0 Å². The van der Waals surface area contributed by atoms with E-state index in [0.29, 0.717) is 10.9 Å². The Morgan fingerprint density at radius 2 is 1.80 bits per heavy atom. The highest BCUT2D eigenvalue weighted by Crippen LogP contribution is 2.28. The predicted molar refractivity (Wildman–Crippen MR) is 85.5 cm³/mol.